The normalized spacial score (nSPS) is 18.1. The van der Waals surface area contributed by atoms with Gasteiger partial charge in [0.05, 0.1) is 12.1 Å². The molecular formula is C24H31N3O3. The van der Waals surface area contributed by atoms with Crippen LogP contribution in [-0.4, -0.2) is 31.2 Å². The standard InChI is InChI=1S/C24H31N3O3/c1-15(2)30-24(29)26-22-11-16(3)27(17(4)28)23-10-9-20(13-21(22)23)19-8-6-7-18(12-19)14-25-5/h6-10,12-13,15-16,22,25H,11,14H2,1-5H3,(H,26,29)/t16-,22+/m0/s1. The largest absolute Gasteiger partial charge is 0.447 e. The summed E-state index contributed by atoms with van der Waals surface area (Å²) >= 11 is 0. The lowest BCUT2D eigenvalue weighted by molar-refractivity contribution is -0.117. The van der Waals surface area contributed by atoms with Crippen LogP contribution in [0.4, 0.5) is 10.5 Å². The van der Waals surface area contributed by atoms with Crippen LogP contribution in [0.5, 0.6) is 0 Å². The number of hydrogen-bond acceptors (Lipinski definition) is 4. The summed E-state index contributed by atoms with van der Waals surface area (Å²) in [5.74, 6) is -0.00396. The summed E-state index contributed by atoms with van der Waals surface area (Å²) in [6, 6.07) is 14.2. The topological polar surface area (TPSA) is 70.7 Å². The molecule has 3 rings (SSSR count). The fourth-order valence-corrected chi connectivity index (χ4v) is 4.12. The smallest absolute Gasteiger partial charge is 0.407 e. The van der Waals surface area contributed by atoms with Crippen molar-refractivity contribution in [1.82, 2.24) is 10.6 Å². The maximum Gasteiger partial charge on any atom is 0.407 e. The third kappa shape index (κ3) is 4.82. The lowest BCUT2D eigenvalue weighted by Crippen LogP contribution is -2.45. The number of nitrogens with zero attached hydrogens (tertiary/aromatic N) is 1. The Morgan fingerprint density at radius 1 is 1.17 bits per heavy atom. The van der Waals surface area contributed by atoms with E-state index in [0.717, 1.165) is 28.9 Å². The molecular weight excluding hydrogens is 378 g/mol. The van der Waals surface area contributed by atoms with Crippen LogP contribution in [0.25, 0.3) is 11.1 Å². The zero-order chi connectivity index (χ0) is 21.8. The SMILES string of the molecule is CNCc1cccc(-c2ccc3c(c2)[C@H](NC(=O)OC(C)C)C[C@H](C)N3C(C)=O)c1. The Morgan fingerprint density at radius 3 is 2.57 bits per heavy atom. The molecule has 2 N–H and O–H groups in total. The molecule has 0 unspecified atom stereocenters. The van der Waals surface area contributed by atoms with E-state index >= 15 is 0 Å². The van der Waals surface area contributed by atoms with E-state index in [4.69, 9.17) is 4.74 Å². The van der Waals surface area contributed by atoms with Gasteiger partial charge < -0.3 is 20.3 Å². The zero-order valence-corrected chi connectivity index (χ0v) is 18.4. The molecule has 2 amide bonds. The molecule has 1 heterocycles. The molecule has 0 fully saturated rings. The first-order valence-electron chi connectivity index (χ1n) is 10.4. The number of benzene rings is 2. The number of fused-ring (bicyclic) bond motifs is 1. The Hall–Kier alpha value is -2.86. The van der Waals surface area contributed by atoms with Gasteiger partial charge in [-0.3, -0.25) is 4.79 Å². The van der Waals surface area contributed by atoms with E-state index in [1.807, 2.05) is 50.9 Å². The number of carbonyl (C=O) groups excluding carboxylic acids is 2. The molecule has 160 valence electrons. The van der Waals surface area contributed by atoms with Crippen molar-refractivity contribution in [3.63, 3.8) is 0 Å². The number of carbonyl (C=O) groups is 2. The Labute approximate surface area is 178 Å². The Bertz CT molecular complexity index is 926. The molecule has 30 heavy (non-hydrogen) atoms. The van der Waals surface area contributed by atoms with Gasteiger partial charge in [0.15, 0.2) is 0 Å². The molecule has 6 nitrogen and oxygen atoms in total. The second-order valence-corrected chi connectivity index (χ2v) is 8.13. The van der Waals surface area contributed by atoms with Gasteiger partial charge in [-0.25, -0.2) is 4.79 Å². The first-order valence-corrected chi connectivity index (χ1v) is 10.4. The second-order valence-electron chi connectivity index (χ2n) is 8.13. The highest BCUT2D eigenvalue weighted by Gasteiger charge is 2.33. The highest BCUT2D eigenvalue weighted by atomic mass is 16.6. The fourth-order valence-electron chi connectivity index (χ4n) is 4.12. The van der Waals surface area contributed by atoms with E-state index in [2.05, 4.69) is 34.9 Å². The number of ether oxygens (including phenoxy) is 1. The summed E-state index contributed by atoms with van der Waals surface area (Å²) in [6.45, 7) is 8.02. The molecule has 1 aliphatic heterocycles. The lowest BCUT2D eigenvalue weighted by Gasteiger charge is -2.39. The molecule has 0 spiro atoms. The van der Waals surface area contributed by atoms with Gasteiger partial charge in [0, 0.05) is 25.2 Å². The second kappa shape index (κ2) is 9.30. The summed E-state index contributed by atoms with van der Waals surface area (Å²) < 4.78 is 5.30. The summed E-state index contributed by atoms with van der Waals surface area (Å²) in [6.07, 6.45) is -0.00506. The summed E-state index contributed by atoms with van der Waals surface area (Å²) in [4.78, 5) is 26.4. The maximum atomic E-state index is 12.3. The van der Waals surface area contributed by atoms with Crippen molar-refractivity contribution in [2.24, 2.45) is 0 Å². The number of anilines is 1. The van der Waals surface area contributed by atoms with Gasteiger partial charge >= 0.3 is 6.09 Å². The highest BCUT2D eigenvalue weighted by molar-refractivity contribution is 5.94. The first kappa shape index (κ1) is 21.8. The Morgan fingerprint density at radius 2 is 1.90 bits per heavy atom. The van der Waals surface area contributed by atoms with Crippen molar-refractivity contribution >= 4 is 17.7 Å². The molecule has 2 atom stereocenters. The van der Waals surface area contributed by atoms with Gasteiger partial charge in [-0.1, -0.05) is 24.3 Å². The van der Waals surface area contributed by atoms with Crippen molar-refractivity contribution < 1.29 is 14.3 Å². The molecule has 0 aliphatic carbocycles. The van der Waals surface area contributed by atoms with E-state index in [-0.39, 0.29) is 24.1 Å². The molecule has 0 radical (unpaired) electrons. The van der Waals surface area contributed by atoms with Crippen molar-refractivity contribution in [3.05, 3.63) is 53.6 Å². The Balaban J connectivity index is 2.01. The van der Waals surface area contributed by atoms with E-state index in [0.29, 0.717) is 6.42 Å². The quantitative estimate of drug-likeness (QED) is 0.768. The minimum Gasteiger partial charge on any atom is -0.447 e. The van der Waals surface area contributed by atoms with Gasteiger partial charge in [0.25, 0.3) is 0 Å². The molecule has 0 saturated carbocycles. The molecule has 0 bridgehead atoms. The van der Waals surface area contributed by atoms with Crippen molar-refractivity contribution in [2.45, 2.75) is 58.8 Å². The van der Waals surface area contributed by atoms with Crippen LogP contribution in [0.2, 0.25) is 0 Å². The monoisotopic (exact) mass is 409 g/mol. The van der Waals surface area contributed by atoms with Crippen LogP contribution < -0.4 is 15.5 Å². The van der Waals surface area contributed by atoms with Crippen LogP contribution in [0.15, 0.2) is 42.5 Å². The van der Waals surface area contributed by atoms with Gasteiger partial charge in [0.1, 0.15) is 0 Å². The van der Waals surface area contributed by atoms with Crippen LogP contribution in [0.1, 0.15) is 51.3 Å². The molecule has 0 saturated heterocycles. The van der Waals surface area contributed by atoms with Crippen molar-refractivity contribution in [1.29, 1.82) is 0 Å². The van der Waals surface area contributed by atoms with Crippen molar-refractivity contribution in [3.8, 4) is 11.1 Å². The number of rotatable bonds is 5. The van der Waals surface area contributed by atoms with E-state index < -0.39 is 6.09 Å². The van der Waals surface area contributed by atoms with E-state index in [1.165, 1.54) is 5.56 Å². The summed E-state index contributed by atoms with van der Waals surface area (Å²) in [5.41, 5.74) is 5.12. The molecule has 0 aromatic heterocycles. The molecule has 2 aromatic carbocycles. The maximum absolute atomic E-state index is 12.3. The first-order chi connectivity index (χ1) is 14.3. The Kier molecular flexibility index (Phi) is 6.77. The number of hydrogen-bond donors (Lipinski definition) is 2. The fraction of sp³-hybridized carbons (Fsp3) is 0.417. The van der Waals surface area contributed by atoms with Gasteiger partial charge in [0.2, 0.25) is 5.91 Å². The van der Waals surface area contributed by atoms with Crippen LogP contribution >= 0.6 is 0 Å². The average molecular weight is 410 g/mol. The third-order valence-corrected chi connectivity index (χ3v) is 5.30. The zero-order valence-electron chi connectivity index (χ0n) is 18.4. The van der Waals surface area contributed by atoms with E-state index in [1.54, 1.807) is 6.92 Å². The van der Waals surface area contributed by atoms with Crippen LogP contribution in [-0.2, 0) is 16.1 Å². The van der Waals surface area contributed by atoms with Gasteiger partial charge in [-0.15, -0.1) is 0 Å². The number of amides is 2. The van der Waals surface area contributed by atoms with Crippen molar-refractivity contribution in [2.75, 3.05) is 11.9 Å². The predicted octanol–water partition coefficient (Wildman–Crippen LogP) is 4.39. The van der Waals surface area contributed by atoms with Gasteiger partial charge in [-0.05, 0) is 74.7 Å². The summed E-state index contributed by atoms with van der Waals surface area (Å²) in [5, 5.41) is 6.17. The average Bonchev–Trinajstić information content (AvgIpc) is 2.67. The minimum absolute atomic E-state index is 0.00396. The molecule has 1 aliphatic rings. The van der Waals surface area contributed by atoms with Gasteiger partial charge in [-0.2, -0.15) is 0 Å². The third-order valence-electron chi connectivity index (χ3n) is 5.30. The number of nitrogens with one attached hydrogen (secondary N) is 2. The van der Waals surface area contributed by atoms with E-state index in [9.17, 15) is 9.59 Å². The predicted molar refractivity (Wildman–Crippen MR) is 119 cm³/mol. The lowest BCUT2D eigenvalue weighted by atomic mass is 9.89. The minimum atomic E-state index is -0.439. The number of alkyl carbamates (subject to hydrolysis) is 1. The van der Waals surface area contributed by atoms with Crippen LogP contribution in [0, 0.1) is 0 Å². The molecule has 6 heteroatoms. The van der Waals surface area contributed by atoms with Crippen LogP contribution in [0.3, 0.4) is 0 Å². The molecule has 2 aromatic rings. The summed E-state index contributed by atoms with van der Waals surface area (Å²) in [7, 11) is 1.93. The highest BCUT2D eigenvalue weighted by Crippen LogP contribution is 2.39.